The van der Waals surface area contributed by atoms with Crippen LogP contribution in [-0.4, -0.2) is 46.6 Å². The van der Waals surface area contributed by atoms with E-state index >= 15 is 0 Å². The second-order valence-corrected chi connectivity index (χ2v) is 4.76. The van der Waals surface area contributed by atoms with Gasteiger partial charge in [0.15, 0.2) is 0 Å². The van der Waals surface area contributed by atoms with Crippen molar-refractivity contribution in [2.24, 2.45) is 0 Å². The van der Waals surface area contributed by atoms with Crippen LogP contribution in [0, 0.1) is 0 Å². The van der Waals surface area contributed by atoms with E-state index < -0.39 is 12.1 Å². The van der Waals surface area contributed by atoms with Gasteiger partial charge in [-0.1, -0.05) is 6.92 Å². The predicted molar refractivity (Wildman–Crippen MR) is 71.9 cm³/mol. The summed E-state index contributed by atoms with van der Waals surface area (Å²) in [5, 5.41) is 2.58. The zero-order valence-corrected chi connectivity index (χ0v) is 11.8. The number of aromatic nitrogens is 2. The lowest BCUT2D eigenvalue weighted by atomic mass is 10.1. The van der Waals surface area contributed by atoms with Crippen molar-refractivity contribution in [1.82, 2.24) is 20.2 Å². The first-order valence-corrected chi connectivity index (χ1v) is 6.81. The van der Waals surface area contributed by atoms with E-state index in [1.165, 1.54) is 7.11 Å². The largest absolute Gasteiger partial charge is 0.453 e. The number of H-pyrrole nitrogens is 1. The van der Waals surface area contributed by atoms with Crippen LogP contribution >= 0.6 is 0 Å². The summed E-state index contributed by atoms with van der Waals surface area (Å²) in [6.45, 7) is 2.54. The Labute approximate surface area is 117 Å². The van der Waals surface area contributed by atoms with Crippen LogP contribution in [0.4, 0.5) is 4.79 Å². The van der Waals surface area contributed by atoms with Crippen LogP contribution in [0.1, 0.15) is 38.1 Å². The fourth-order valence-corrected chi connectivity index (χ4v) is 2.51. The zero-order valence-electron chi connectivity index (χ0n) is 11.8. The van der Waals surface area contributed by atoms with Crippen molar-refractivity contribution in [3.8, 4) is 0 Å². The molecule has 1 aromatic heterocycles. The Hall–Kier alpha value is -2.05. The SMILES string of the molecule is CCC(NC(=O)OC)C(=O)N1CCCC1c1ncc[nH]1. The van der Waals surface area contributed by atoms with E-state index in [0.29, 0.717) is 13.0 Å². The van der Waals surface area contributed by atoms with Crippen molar-refractivity contribution in [2.45, 2.75) is 38.3 Å². The van der Waals surface area contributed by atoms with Gasteiger partial charge in [0, 0.05) is 18.9 Å². The van der Waals surface area contributed by atoms with Crippen molar-refractivity contribution in [3.63, 3.8) is 0 Å². The Bertz CT molecular complexity index is 460. The molecule has 0 aliphatic carbocycles. The van der Waals surface area contributed by atoms with Crippen LogP contribution < -0.4 is 5.32 Å². The number of alkyl carbamates (subject to hydrolysis) is 1. The zero-order chi connectivity index (χ0) is 14.5. The molecule has 7 nitrogen and oxygen atoms in total. The normalized spacial score (nSPS) is 19.7. The van der Waals surface area contributed by atoms with Gasteiger partial charge >= 0.3 is 6.09 Å². The molecule has 2 N–H and O–H groups in total. The van der Waals surface area contributed by atoms with E-state index in [2.05, 4.69) is 20.0 Å². The highest BCUT2D eigenvalue weighted by Gasteiger charge is 2.35. The predicted octanol–water partition coefficient (Wildman–Crippen LogP) is 1.21. The maximum absolute atomic E-state index is 12.5. The number of imidazole rings is 1. The highest BCUT2D eigenvalue weighted by molar-refractivity contribution is 5.86. The Morgan fingerprint density at radius 3 is 3.05 bits per heavy atom. The van der Waals surface area contributed by atoms with Gasteiger partial charge in [-0.25, -0.2) is 9.78 Å². The molecule has 0 aromatic carbocycles. The number of likely N-dealkylation sites (tertiary alicyclic amines) is 1. The van der Waals surface area contributed by atoms with Gasteiger partial charge < -0.3 is 19.9 Å². The Kier molecular flexibility index (Phi) is 4.60. The van der Waals surface area contributed by atoms with Crippen molar-refractivity contribution in [3.05, 3.63) is 18.2 Å². The van der Waals surface area contributed by atoms with Gasteiger partial charge in [0.25, 0.3) is 0 Å². The molecule has 1 aromatic rings. The molecule has 0 saturated carbocycles. The first-order valence-electron chi connectivity index (χ1n) is 6.81. The summed E-state index contributed by atoms with van der Waals surface area (Å²) >= 11 is 0. The molecule has 0 bridgehead atoms. The monoisotopic (exact) mass is 280 g/mol. The maximum Gasteiger partial charge on any atom is 0.407 e. The second-order valence-electron chi connectivity index (χ2n) is 4.76. The summed E-state index contributed by atoms with van der Waals surface area (Å²) in [6, 6.07) is -0.594. The Morgan fingerprint density at radius 1 is 1.65 bits per heavy atom. The number of carbonyl (C=O) groups excluding carboxylic acids is 2. The van der Waals surface area contributed by atoms with Crippen molar-refractivity contribution in [2.75, 3.05) is 13.7 Å². The lowest BCUT2D eigenvalue weighted by Crippen LogP contribution is -2.48. The Balaban J connectivity index is 2.08. The highest BCUT2D eigenvalue weighted by atomic mass is 16.5. The van der Waals surface area contributed by atoms with Gasteiger partial charge in [-0.2, -0.15) is 0 Å². The maximum atomic E-state index is 12.5. The molecule has 7 heteroatoms. The fraction of sp³-hybridized carbons (Fsp3) is 0.615. The van der Waals surface area contributed by atoms with Gasteiger partial charge in [0.1, 0.15) is 11.9 Å². The molecular weight excluding hydrogens is 260 g/mol. The van der Waals surface area contributed by atoms with Gasteiger partial charge in [-0.3, -0.25) is 4.79 Å². The van der Waals surface area contributed by atoms with Crippen molar-refractivity contribution < 1.29 is 14.3 Å². The molecule has 2 amide bonds. The number of hydrogen-bond donors (Lipinski definition) is 2. The number of ether oxygens (including phenoxy) is 1. The summed E-state index contributed by atoms with van der Waals surface area (Å²) in [5.74, 6) is 0.709. The van der Waals surface area contributed by atoms with E-state index in [-0.39, 0.29) is 11.9 Å². The van der Waals surface area contributed by atoms with E-state index in [1.54, 1.807) is 17.3 Å². The fourth-order valence-electron chi connectivity index (χ4n) is 2.51. The molecule has 1 aliphatic heterocycles. The number of carbonyl (C=O) groups is 2. The Morgan fingerprint density at radius 2 is 2.45 bits per heavy atom. The molecule has 1 saturated heterocycles. The molecule has 1 fully saturated rings. The van der Waals surface area contributed by atoms with Gasteiger partial charge in [-0.15, -0.1) is 0 Å². The summed E-state index contributed by atoms with van der Waals surface area (Å²) in [6.07, 6.45) is 5.19. The summed E-state index contributed by atoms with van der Waals surface area (Å²) in [4.78, 5) is 32.9. The minimum absolute atomic E-state index is 0.0361. The summed E-state index contributed by atoms with van der Waals surface area (Å²) in [5.41, 5.74) is 0. The number of nitrogens with zero attached hydrogens (tertiary/aromatic N) is 2. The topological polar surface area (TPSA) is 87.3 Å². The minimum Gasteiger partial charge on any atom is -0.453 e. The second kappa shape index (κ2) is 6.40. The van der Waals surface area contributed by atoms with Crippen LogP contribution in [0.15, 0.2) is 12.4 Å². The molecule has 2 heterocycles. The number of hydrogen-bond acceptors (Lipinski definition) is 4. The third kappa shape index (κ3) is 2.92. The molecule has 2 atom stereocenters. The van der Waals surface area contributed by atoms with Crippen molar-refractivity contribution in [1.29, 1.82) is 0 Å². The standard InChI is InChI=1S/C13H20N4O3/c1-3-9(16-13(19)20-2)12(18)17-8-4-5-10(17)11-14-6-7-15-11/h6-7,9-10H,3-5,8H2,1-2H3,(H,14,15)(H,16,19). The third-order valence-electron chi connectivity index (χ3n) is 3.55. The number of aromatic amines is 1. The van der Waals surface area contributed by atoms with E-state index in [1.807, 2.05) is 6.92 Å². The highest BCUT2D eigenvalue weighted by Crippen LogP contribution is 2.30. The molecule has 110 valence electrons. The quantitative estimate of drug-likeness (QED) is 0.867. The number of methoxy groups -OCH3 is 1. The van der Waals surface area contributed by atoms with E-state index in [9.17, 15) is 9.59 Å². The summed E-state index contributed by atoms with van der Waals surface area (Å²) in [7, 11) is 1.29. The average Bonchev–Trinajstić information content (AvgIpc) is 3.12. The van der Waals surface area contributed by atoms with E-state index in [0.717, 1.165) is 18.7 Å². The average molecular weight is 280 g/mol. The van der Waals surface area contributed by atoms with Crippen LogP contribution in [0.3, 0.4) is 0 Å². The van der Waals surface area contributed by atoms with Gasteiger partial charge in [-0.05, 0) is 19.3 Å². The number of rotatable bonds is 4. The molecule has 0 radical (unpaired) electrons. The van der Waals surface area contributed by atoms with Crippen LogP contribution in [0.25, 0.3) is 0 Å². The van der Waals surface area contributed by atoms with Gasteiger partial charge in [0.2, 0.25) is 5.91 Å². The molecule has 20 heavy (non-hydrogen) atoms. The van der Waals surface area contributed by atoms with Crippen LogP contribution in [-0.2, 0) is 9.53 Å². The lowest BCUT2D eigenvalue weighted by molar-refractivity contribution is -0.134. The minimum atomic E-state index is -0.584. The molecule has 0 spiro atoms. The first-order chi connectivity index (χ1) is 9.67. The molecule has 2 unspecified atom stereocenters. The number of nitrogens with one attached hydrogen (secondary N) is 2. The molecular formula is C13H20N4O3. The smallest absolute Gasteiger partial charge is 0.407 e. The van der Waals surface area contributed by atoms with E-state index in [4.69, 9.17) is 0 Å². The van der Waals surface area contributed by atoms with Crippen molar-refractivity contribution >= 4 is 12.0 Å². The lowest BCUT2D eigenvalue weighted by Gasteiger charge is -2.27. The summed E-state index contributed by atoms with van der Waals surface area (Å²) < 4.78 is 4.56. The van der Waals surface area contributed by atoms with Crippen LogP contribution in [0.5, 0.6) is 0 Å². The molecule has 2 rings (SSSR count). The van der Waals surface area contributed by atoms with Crippen LogP contribution in [0.2, 0.25) is 0 Å². The first kappa shape index (κ1) is 14.4. The number of amides is 2. The third-order valence-corrected chi connectivity index (χ3v) is 3.55. The molecule has 1 aliphatic rings. The van der Waals surface area contributed by atoms with Gasteiger partial charge in [0.05, 0.1) is 13.2 Å².